The highest BCUT2D eigenvalue weighted by molar-refractivity contribution is 7.86. The van der Waals surface area contributed by atoms with Crippen LogP contribution in [0.2, 0.25) is 10.0 Å². The quantitative estimate of drug-likeness (QED) is 0.307. The van der Waals surface area contributed by atoms with Crippen molar-refractivity contribution in [3.05, 3.63) is 63.3 Å². The van der Waals surface area contributed by atoms with Gasteiger partial charge in [0.15, 0.2) is 28.5 Å². The Morgan fingerprint density at radius 1 is 1.16 bits per heavy atom. The predicted octanol–water partition coefficient (Wildman–Crippen LogP) is 5.61. The van der Waals surface area contributed by atoms with Gasteiger partial charge in [0, 0.05) is 11.6 Å². The maximum absolute atomic E-state index is 13.5. The Labute approximate surface area is 222 Å². The van der Waals surface area contributed by atoms with Crippen molar-refractivity contribution in [3.8, 4) is 11.8 Å². The molecule has 0 aliphatic carbocycles. The fraction of sp³-hybridized carbons (Fsp3) is 0.182. The van der Waals surface area contributed by atoms with E-state index in [4.69, 9.17) is 23.2 Å². The number of hydrogen-bond acceptors (Lipinski definition) is 4. The van der Waals surface area contributed by atoms with E-state index in [9.17, 15) is 40.6 Å². The number of rotatable bonds is 5. The Kier molecular flexibility index (Phi) is 7.30. The van der Waals surface area contributed by atoms with Crippen molar-refractivity contribution >= 4 is 57.6 Å². The van der Waals surface area contributed by atoms with Gasteiger partial charge in [0.1, 0.15) is 16.7 Å². The van der Waals surface area contributed by atoms with Gasteiger partial charge in [-0.2, -0.15) is 41.3 Å². The van der Waals surface area contributed by atoms with Crippen LogP contribution in [-0.2, 0) is 28.2 Å². The summed E-state index contributed by atoms with van der Waals surface area (Å²) in [6.45, 7) is -0.406. The molecule has 2 aromatic carbocycles. The Morgan fingerprint density at radius 3 is 2.37 bits per heavy atom. The van der Waals surface area contributed by atoms with Gasteiger partial charge in [-0.25, -0.2) is 8.89 Å². The van der Waals surface area contributed by atoms with Gasteiger partial charge < -0.3 is 5.32 Å². The number of carbonyl (C=O) groups is 1. The molecule has 0 radical (unpaired) electrons. The molecule has 198 valence electrons. The zero-order valence-corrected chi connectivity index (χ0v) is 20.8. The van der Waals surface area contributed by atoms with Crippen molar-refractivity contribution in [1.29, 1.82) is 5.26 Å². The highest BCUT2D eigenvalue weighted by Gasteiger charge is 2.44. The summed E-state index contributed by atoms with van der Waals surface area (Å²) in [7, 11) is -3.87. The SMILES string of the molecule is N#Cc1nn(-c2c(Cl)cc(C(F)(F)F)cc2Cl)c(NC(=O)C[N+]2=CCc3ccccc32)c1S(=O)C(F)(F)F. The number of para-hydroxylation sites is 1. The minimum atomic E-state index is -5.38. The summed E-state index contributed by atoms with van der Waals surface area (Å²) >= 11 is 12.0. The molecule has 0 fully saturated rings. The molecule has 1 aliphatic heterocycles. The fourth-order valence-electron chi connectivity index (χ4n) is 3.72. The first-order valence-electron chi connectivity index (χ1n) is 10.3. The van der Waals surface area contributed by atoms with Crippen LogP contribution >= 0.6 is 23.2 Å². The van der Waals surface area contributed by atoms with Crippen LogP contribution in [0, 0.1) is 11.3 Å². The summed E-state index contributed by atoms with van der Waals surface area (Å²) in [5, 5.41) is 13.8. The average Bonchev–Trinajstić information content (AvgIpc) is 3.38. The topological polar surface area (TPSA) is 90.8 Å². The van der Waals surface area contributed by atoms with E-state index < -0.39 is 72.6 Å². The molecule has 38 heavy (non-hydrogen) atoms. The first-order chi connectivity index (χ1) is 17.7. The van der Waals surface area contributed by atoms with E-state index in [0.717, 1.165) is 5.56 Å². The smallest absolute Gasteiger partial charge is 0.304 e. The lowest BCUT2D eigenvalue weighted by Crippen LogP contribution is -2.26. The van der Waals surface area contributed by atoms with E-state index in [2.05, 4.69) is 10.4 Å². The minimum absolute atomic E-state index is 0.406. The number of nitriles is 1. The van der Waals surface area contributed by atoms with E-state index in [1.54, 1.807) is 24.4 Å². The zero-order chi connectivity index (χ0) is 28.0. The molecule has 2 heterocycles. The second-order valence-electron chi connectivity index (χ2n) is 7.74. The molecule has 0 saturated carbocycles. The third-order valence-corrected chi connectivity index (χ3v) is 7.06. The van der Waals surface area contributed by atoms with Gasteiger partial charge in [-0.1, -0.05) is 41.4 Å². The molecule has 0 bridgehead atoms. The summed E-state index contributed by atoms with van der Waals surface area (Å²) in [4.78, 5) is 11.7. The van der Waals surface area contributed by atoms with E-state index in [0.29, 0.717) is 28.9 Å². The summed E-state index contributed by atoms with van der Waals surface area (Å²) in [6, 6.07) is 9.28. The van der Waals surface area contributed by atoms with Crippen molar-refractivity contribution in [3.63, 3.8) is 0 Å². The second kappa shape index (κ2) is 10.0. The third kappa shape index (κ3) is 5.27. The minimum Gasteiger partial charge on any atom is -0.304 e. The predicted molar refractivity (Wildman–Crippen MR) is 125 cm³/mol. The lowest BCUT2D eigenvalue weighted by molar-refractivity contribution is -0.419. The summed E-state index contributed by atoms with van der Waals surface area (Å²) in [6.07, 6.45) is -2.71. The summed E-state index contributed by atoms with van der Waals surface area (Å²) in [5.74, 6) is -1.80. The van der Waals surface area contributed by atoms with Crippen LogP contribution in [0.1, 0.15) is 16.8 Å². The lowest BCUT2D eigenvalue weighted by atomic mass is 10.2. The van der Waals surface area contributed by atoms with Crippen LogP contribution in [0.25, 0.3) is 5.69 Å². The molecule has 3 aromatic rings. The molecule has 0 spiro atoms. The van der Waals surface area contributed by atoms with Crippen molar-refractivity contribution in [1.82, 2.24) is 9.78 Å². The van der Waals surface area contributed by atoms with E-state index in [1.165, 1.54) is 10.6 Å². The molecule has 0 saturated heterocycles. The van der Waals surface area contributed by atoms with Crippen LogP contribution in [0.3, 0.4) is 0 Å². The number of carbonyl (C=O) groups excluding carboxylic acids is 1. The Bertz CT molecular complexity index is 1540. The van der Waals surface area contributed by atoms with Crippen LogP contribution in [0.15, 0.2) is 41.3 Å². The number of amides is 1. The Morgan fingerprint density at radius 2 is 1.79 bits per heavy atom. The monoisotopic (exact) mass is 594 g/mol. The van der Waals surface area contributed by atoms with E-state index in [1.807, 2.05) is 6.07 Å². The van der Waals surface area contributed by atoms with Gasteiger partial charge in [-0.15, -0.1) is 0 Å². The number of halogens is 8. The number of nitrogens with one attached hydrogen (secondary N) is 1. The normalized spacial score (nSPS) is 14.0. The average molecular weight is 595 g/mol. The first-order valence-corrected chi connectivity index (χ1v) is 12.2. The van der Waals surface area contributed by atoms with Crippen molar-refractivity contribution in [2.45, 2.75) is 23.0 Å². The van der Waals surface area contributed by atoms with Crippen LogP contribution in [-0.4, -0.2) is 42.7 Å². The summed E-state index contributed by atoms with van der Waals surface area (Å²) < 4.78 is 94.3. The van der Waals surface area contributed by atoms with Crippen LogP contribution < -0.4 is 5.32 Å². The number of alkyl halides is 6. The van der Waals surface area contributed by atoms with Gasteiger partial charge >= 0.3 is 11.7 Å². The fourth-order valence-corrected chi connectivity index (χ4v) is 5.17. The van der Waals surface area contributed by atoms with Crippen molar-refractivity contribution in [2.75, 3.05) is 11.9 Å². The molecule has 7 nitrogen and oxygen atoms in total. The highest BCUT2D eigenvalue weighted by atomic mass is 35.5. The number of benzene rings is 2. The van der Waals surface area contributed by atoms with Gasteiger partial charge in [0.2, 0.25) is 12.2 Å². The van der Waals surface area contributed by atoms with Gasteiger partial charge in [-0.3, -0.25) is 4.79 Å². The highest BCUT2D eigenvalue weighted by Crippen LogP contribution is 2.41. The number of aromatic nitrogens is 2. The Hall–Kier alpha value is -3.41. The maximum Gasteiger partial charge on any atom is 0.476 e. The van der Waals surface area contributed by atoms with E-state index in [-0.39, 0.29) is 0 Å². The van der Waals surface area contributed by atoms with Crippen LogP contribution in [0.4, 0.5) is 37.8 Å². The second-order valence-corrected chi connectivity index (χ2v) is 9.97. The van der Waals surface area contributed by atoms with E-state index >= 15 is 0 Å². The van der Waals surface area contributed by atoms with Crippen molar-refractivity contribution < 1.29 is 39.9 Å². The molecular weight excluding hydrogens is 583 g/mol. The molecule has 1 N–H and O–H groups in total. The zero-order valence-electron chi connectivity index (χ0n) is 18.5. The van der Waals surface area contributed by atoms with Gasteiger partial charge in [0.05, 0.1) is 22.0 Å². The molecule has 16 heteroatoms. The first kappa shape index (κ1) is 27.6. The standard InChI is InChI=1S/C22H11Cl2F6N5O2S/c23-13-7-12(21(25,26)27)8-14(24)18(13)35-20(19(15(9-31)33-35)38(37)22(28,29)30)32-17(36)10-34-6-5-11-3-1-2-4-16(11)34/h1-4,6-8H,5,10H2/p+1. The van der Waals surface area contributed by atoms with Crippen LogP contribution in [0.5, 0.6) is 0 Å². The summed E-state index contributed by atoms with van der Waals surface area (Å²) in [5.41, 5.74) is -6.68. The Balaban J connectivity index is 1.84. The molecule has 1 amide bonds. The molecule has 1 aliphatic rings. The van der Waals surface area contributed by atoms with Crippen molar-refractivity contribution in [2.24, 2.45) is 0 Å². The number of nitrogens with zero attached hydrogens (tertiary/aromatic N) is 4. The number of hydrogen-bond donors (Lipinski definition) is 1. The lowest BCUT2D eigenvalue weighted by Gasteiger charge is -2.15. The molecule has 1 aromatic heterocycles. The maximum atomic E-state index is 13.5. The van der Waals surface area contributed by atoms with Gasteiger partial charge in [-0.05, 0) is 12.1 Å². The number of anilines is 1. The molecular formula is C22H12Cl2F6N5O2S+. The third-order valence-electron chi connectivity index (χ3n) is 5.30. The molecule has 1 atom stereocenters. The molecule has 1 unspecified atom stereocenters. The largest absolute Gasteiger partial charge is 0.476 e. The molecule has 4 rings (SSSR count). The number of fused-ring (bicyclic) bond motifs is 1. The van der Waals surface area contributed by atoms with Gasteiger partial charge in [0.25, 0.3) is 5.91 Å².